The van der Waals surface area contributed by atoms with Gasteiger partial charge in [0.05, 0.1) is 12.1 Å². The minimum Gasteiger partial charge on any atom is -0.478 e. The minimum atomic E-state index is -3.17. The van der Waals surface area contributed by atoms with Gasteiger partial charge in [0.15, 0.2) is 11.9 Å². The number of carbonyl (C=O) groups excluding carboxylic acids is 1. The fourth-order valence-corrected chi connectivity index (χ4v) is 5.48. The molecule has 6 nitrogen and oxygen atoms in total. The molecule has 4 N–H and O–H groups in total. The quantitative estimate of drug-likeness (QED) is 0.489. The monoisotopic (exact) mass is 382 g/mol. The number of carboxylic acid groups (broad SMARTS) is 1. The summed E-state index contributed by atoms with van der Waals surface area (Å²) in [6, 6.07) is 6.35. The largest absolute Gasteiger partial charge is 0.478 e. The van der Waals surface area contributed by atoms with Crippen molar-refractivity contribution in [2.24, 2.45) is 5.92 Å². The van der Waals surface area contributed by atoms with Crippen LogP contribution < -0.4 is 5.32 Å². The van der Waals surface area contributed by atoms with Gasteiger partial charge >= 0.3 is 5.97 Å². The van der Waals surface area contributed by atoms with Crippen LogP contribution in [0.5, 0.6) is 0 Å². The zero-order chi connectivity index (χ0) is 19.2. The van der Waals surface area contributed by atoms with E-state index in [1.807, 2.05) is 6.92 Å². The summed E-state index contributed by atoms with van der Waals surface area (Å²) in [4.78, 5) is 43.5. The maximum Gasteiger partial charge on any atom is 0.335 e. The lowest BCUT2D eigenvalue weighted by atomic mass is 9.91. The normalized spacial score (nSPS) is 17.0. The Morgan fingerprint density at radius 2 is 1.77 bits per heavy atom. The van der Waals surface area contributed by atoms with E-state index in [4.69, 9.17) is 5.11 Å². The molecule has 1 aromatic carbocycles. The molecule has 0 aromatic heterocycles. The number of hydrogen-bond acceptors (Lipinski definition) is 5. The minimum absolute atomic E-state index is 0.0649. The molecule has 7 heteroatoms. The molecule has 0 unspecified atom stereocenters. The highest BCUT2D eigenvalue weighted by atomic mass is 31.2. The molecule has 144 valence electrons. The third-order valence-electron chi connectivity index (χ3n) is 4.97. The van der Waals surface area contributed by atoms with E-state index in [1.165, 1.54) is 18.6 Å². The van der Waals surface area contributed by atoms with Gasteiger partial charge in [-0.15, -0.1) is 0 Å². The van der Waals surface area contributed by atoms with Gasteiger partial charge in [-0.1, -0.05) is 31.4 Å². The van der Waals surface area contributed by atoms with Crippen LogP contribution in [0.25, 0.3) is 0 Å². The second-order valence-corrected chi connectivity index (χ2v) is 9.73. The SMILES string of the molecule is C[C@@H](NCC(=O)C[P+](O)(O)CC1CCCCC1)c1ccc(C(=O)O)cc1. The molecule has 0 aliphatic heterocycles. The van der Waals surface area contributed by atoms with Crippen LogP contribution in [-0.2, 0) is 4.79 Å². The Labute approximate surface area is 155 Å². The average Bonchev–Trinajstić information content (AvgIpc) is 2.59. The highest BCUT2D eigenvalue weighted by Gasteiger charge is 2.39. The van der Waals surface area contributed by atoms with Crippen molar-refractivity contribution in [1.82, 2.24) is 5.32 Å². The molecule has 26 heavy (non-hydrogen) atoms. The summed E-state index contributed by atoms with van der Waals surface area (Å²) >= 11 is 0. The van der Waals surface area contributed by atoms with E-state index < -0.39 is 13.7 Å². The number of Topliss-reactive ketones (excluding diaryl/α,β-unsaturated/α-hetero) is 1. The number of hydrogen-bond donors (Lipinski definition) is 4. The highest BCUT2D eigenvalue weighted by Crippen LogP contribution is 2.53. The Balaban J connectivity index is 1.78. The summed E-state index contributed by atoms with van der Waals surface area (Å²) in [5.41, 5.74) is 1.09. The molecule has 0 radical (unpaired) electrons. The van der Waals surface area contributed by atoms with Crippen LogP contribution >= 0.6 is 7.72 Å². The topological polar surface area (TPSA) is 107 Å². The fourth-order valence-electron chi connectivity index (χ4n) is 3.49. The van der Waals surface area contributed by atoms with E-state index in [9.17, 15) is 19.4 Å². The van der Waals surface area contributed by atoms with Crippen molar-refractivity contribution in [1.29, 1.82) is 0 Å². The molecule has 1 saturated carbocycles. The first kappa shape index (κ1) is 21.0. The predicted molar refractivity (Wildman–Crippen MR) is 102 cm³/mol. The maximum atomic E-state index is 12.1. The van der Waals surface area contributed by atoms with Gasteiger partial charge < -0.3 is 10.4 Å². The molecule has 0 bridgehead atoms. The van der Waals surface area contributed by atoms with Crippen molar-refractivity contribution in [3.8, 4) is 0 Å². The molecule has 0 heterocycles. The standard InChI is InChI=1S/C19H28NO5P/c1-14(16-7-9-17(10-8-16)19(22)23)20-11-18(21)13-26(24,25)12-15-5-3-2-4-6-15/h7-10,14-15,20,24-25H,2-6,11-13H2,1H3/p+1/t14-/m1/s1. The Morgan fingerprint density at radius 3 is 2.35 bits per heavy atom. The summed E-state index contributed by atoms with van der Waals surface area (Å²) in [5, 5.41) is 12.0. The summed E-state index contributed by atoms with van der Waals surface area (Å²) in [6.07, 6.45) is 5.74. The lowest BCUT2D eigenvalue weighted by Gasteiger charge is -2.23. The Morgan fingerprint density at radius 1 is 1.15 bits per heavy atom. The Bertz CT molecular complexity index is 611. The maximum absolute atomic E-state index is 12.1. The van der Waals surface area contributed by atoms with Gasteiger partial charge in [0, 0.05) is 6.04 Å². The highest BCUT2D eigenvalue weighted by molar-refractivity contribution is 7.65. The Kier molecular flexibility index (Phi) is 7.71. The summed E-state index contributed by atoms with van der Waals surface area (Å²) in [6.45, 7) is 1.95. The van der Waals surface area contributed by atoms with Crippen molar-refractivity contribution >= 4 is 19.5 Å². The smallest absolute Gasteiger partial charge is 0.335 e. The summed E-state index contributed by atoms with van der Waals surface area (Å²) in [7, 11) is -3.17. The van der Waals surface area contributed by atoms with Gasteiger partial charge in [-0.3, -0.25) is 4.79 Å². The van der Waals surface area contributed by atoms with Crippen LogP contribution in [-0.4, -0.2) is 45.5 Å². The van der Waals surface area contributed by atoms with Crippen molar-refractivity contribution in [2.75, 3.05) is 18.9 Å². The number of carboxylic acids is 1. The molecular formula is C19H29NO5P+. The molecule has 1 aromatic rings. The second-order valence-electron chi connectivity index (χ2n) is 7.29. The van der Waals surface area contributed by atoms with Crippen LogP contribution in [0.2, 0.25) is 0 Å². The van der Waals surface area contributed by atoms with Crippen LogP contribution in [0, 0.1) is 5.92 Å². The first-order chi connectivity index (χ1) is 12.3. The van der Waals surface area contributed by atoms with Crippen molar-refractivity contribution in [2.45, 2.75) is 45.1 Å². The number of ketones is 1. The number of aromatic carboxylic acids is 1. The third-order valence-corrected chi connectivity index (χ3v) is 6.93. The first-order valence-electron chi connectivity index (χ1n) is 9.18. The van der Waals surface area contributed by atoms with Gasteiger partial charge in [0.25, 0.3) is 7.72 Å². The van der Waals surface area contributed by atoms with E-state index >= 15 is 0 Å². The van der Waals surface area contributed by atoms with Crippen LogP contribution in [0.1, 0.15) is 61.0 Å². The van der Waals surface area contributed by atoms with Gasteiger partial charge in [-0.25, -0.2) is 14.6 Å². The lowest BCUT2D eigenvalue weighted by molar-refractivity contribution is -0.116. The number of carbonyl (C=O) groups is 2. The molecule has 0 spiro atoms. The molecule has 2 rings (SSSR count). The Hall–Kier alpha value is -1.33. The van der Waals surface area contributed by atoms with Gasteiger partial charge in [0.2, 0.25) is 0 Å². The first-order valence-corrected chi connectivity index (χ1v) is 11.2. The number of benzene rings is 1. The van der Waals surface area contributed by atoms with Crippen LogP contribution in [0.15, 0.2) is 24.3 Å². The summed E-state index contributed by atoms with van der Waals surface area (Å²) < 4.78 is 0. The van der Waals surface area contributed by atoms with E-state index in [0.29, 0.717) is 12.1 Å². The molecule has 1 aliphatic rings. The number of nitrogens with one attached hydrogen (secondary N) is 1. The fraction of sp³-hybridized carbons (Fsp3) is 0.579. The zero-order valence-electron chi connectivity index (χ0n) is 15.2. The van der Waals surface area contributed by atoms with Crippen molar-refractivity contribution in [3.63, 3.8) is 0 Å². The second kappa shape index (κ2) is 9.56. The van der Waals surface area contributed by atoms with Crippen molar-refractivity contribution < 1.29 is 24.5 Å². The van der Waals surface area contributed by atoms with E-state index in [0.717, 1.165) is 31.2 Å². The summed E-state index contributed by atoms with van der Waals surface area (Å²) in [5.74, 6) is -0.843. The molecule has 1 aliphatic carbocycles. The van der Waals surface area contributed by atoms with Crippen LogP contribution in [0.4, 0.5) is 0 Å². The van der Waals surface area contributed by atoms with E-state index in [1.54, 1.807) is 12.1 Å². The van der Waals surface area contributed by atoms with Gasteiger partial charge in [-0.05, 0) is 43.4 Å². The number of rotatable bonds is 9. The van der Waals surface area contributed by atoms with Gasteiger partial charge in [0.1, 0.15) is 6.16 Å². The third kappa shape index (κ3) is 6.76. The van der Waals surface area contributed by atoms with Gasteiger partial charge in [-0.2, -0.15) is 0 Å². The predicted octanol–water partition coefficient (Wildman–Crippen LogP) is 3.02. The molecule has 1 fully saturated rings. The lowest BCUT2D eigenvalue weighted by Crippen LogP contribution is -2.29. The average molecular weight is 382 g/mol. The van der Waals surface area contributed by atoms with Crippen LogP contribution in [0.3, 0.4) is 0 Å². The van der Waals surface area contributed by atoms with E-state index in [-0.39, 0.29) is 30.1 Å². The molecular weight excluding hydrogens is 353 g/mol. The zero-order valence-corrected chi connectivity index (χ0v) is 16.1. The molecule has 0 saturated heterocycles. The molecule has 1 atom stereocenters. The van der Waals surface area contributed by atoms with E-state index in [2.05, 4.69) is 5.32 Å². The van der Waals surface area contributed by atoms with Crippen molar-refractivity contribution in [3.05, 3.63) is 35.4 Å². The molecule has 0 amide bonds.